The van der Waals surface area contributed by atoms with Gasteiger partial charge in [0.15, 0.2) is 0 Å². The van der Waals surface area contributed by atoms with E-state index in [2.05, 4.69) is 15.5 Å². The summed E-state index contributed by atoms with van der Waals surface area (Å²) in [5.41, 5.74) is 5.58. The lowest BCUT2D eigenvalue weighted by Crippen LogP contribution is -2.31. The van der Waals surface area contributed by atoms with Gasteiger partial charge in [0.1, 0.15) is 0 Å². The molecule has 2 rings (SSSR count). The van der Waals surface area contributed by atoms with Gasteiger partial charge in [0, 0.05) is 19.5 Å². The Hall–Kier alpha value is -1.47. The van der Waals surface area contributed by atoms with E-state index in [1.165, 1.54) is 0 Å². The van der Waals surface area contributed by atoms with E-state index in [1.807, 2.05) is 13.0 Å². The first kappa shape index (κ1) is 14.9. The number of hydrogen-bond donors (Lipinski definition) is 2. The van der Waals surface area contributed by atoms with E-state index in [0.29, 0.717) is 18.2 Å². The predicted molar refractivity (Wildman–Crippen MR) is 77.3 cm³/mol. The first-order valence-electron chi connectivity index (χ1n) is 6.25. The highest BCUT2D eigenvalue weighted by Crippen LogP contribution is 2.27. The molecule has 2 heterocycles. The predicted octanol–water partition coefficient (Wildman–Crippen LogP) is 1.44. The maximum Gasteiger partial charge on any atom is 0.0908 e. The number of aromatic nitrogens is 3. The smallest absolute Gasteiger partial charge is 0.0908 e. The summed E-state index contributed by atoms with van der Waals surface area (Å²) in [6, 6.07) is 1.75. The normalized spacial score (nSPS) is 12.6. The van der Waals surface area contributed by atoms with Gasteiger partial charge >= 0.3 is 0 Å². The molecule has 0 saturated carbocycles. The molecule has 2 aromatic rings. The summed E-state index contributed by atoms with van der Waals surface area (Å²) in [5.74, 6) is 5.70. The molecule has 7 heteroatoms. The van der Waals surface area contributed by atoms with Crippen molar-refractivity contribution in [1.29, 1.82) is 0 Å². The molecule has 108 valence electrons. The molecule has 3 N–H and O–H groups in total. The number of hydrazine groups is 1. The van der Waals surface area contributed by atoms with Crippen LogP contribution < -0.4 is 11.3 Å². The van der Waals surface area contributed by atoms with Crippen molar-refractivity contribution in [3.63, 3.8) is 0 Å². The molecule has 0 aromatic carbocycles. The fraction of sp³-hybridized carbons (Fsp3) is 0.385. The van der Waals surface area contributed by atoms with Crippen LogP contribution >= 0.6 is 11.6 Å². The van der Waals surface area contributed by atoms with Crippen LogP contribution in [-0.4, -0.2) is 28.5 Å². The minimum atomic E-state index is -0.269. The molecule has 0 aliphatic rings. The van der Waals surface area contributed by atoms with E-state index in [4.69, 9.17) is 22.2 Å². The van der Waals surface area contributed by atoms with E-state index in [0.717, 1.165) is 16.8 Å². The third-order valence-electron chi connectivity index (χ3n) is 3.01. The number of nitrogens with two attached hydrogens (primary N) is 1. The summed E-state index contributed by atoms with van der Waals surface area (Å²) in [5, 5.41) is 4.82. The third-order valence-corrected chi connectivity index (χ3v) is 3.30. The number of ether oxygens (including phenoxy) is 1. The van der Waals surface area contributed by atoms with Crippen molar-refractivity contribution in [2.75, 3.05) is 13.7 Å². The van der Waals surface area contributed by atoms with Crippen molar-refractivity contribution in [3.8, 4) is 0 Å². The van der Waals surface area contributed by atoms with Crippen molar-refractivity contribution >= 4 is 11.6 Å². The quantitative estimate of drug-likeness (QED) is 0.623. The Balaban J connectivity index is 2.38. The second kappa shape index (κ2) is 6.81. The van der Waals surface area contributed by atoms with Gasteiger partial charge in [-0.3, -0.25) is 15.5 Å². The first-order chi connectivity index (χ1) is 9.67. The lowest BCUT2D eigenvalue weighted by Gasteiger charge is -2.19. The van der Waals surface area contributed by atoms with E-state index < -0.39 is 0 Å². The van der Waals surface area contributed by atoms with Gasteiger partial charge in [-0.1, -0.05) is 17.7 Å². The van der Waals surface area contributed by atoms with E-state index in [1.54, 1.807) is 30.4 Å². The van der Waals surface area contributed by atoms with Crippen molar-refractivity contribution in [3.05, 3.63) is 46.5 Å². The highest BCUT2D eigenvalue weighted by Gasteiger charge is 2.21. The fourth-order valence-corrected chi connectivity index (χ4v) is 2.33. The topological polar surface area (TPSA) is 78.0 Å². The summed E-state index contributed by atoms with van der Waals surface area (Å²) in [4.78, 5) is 4.19. The lowest BCUT2D eigenvalue weighted by molar-refractivity contribution is 0.182. The number of aryl methyl sites for hydroxylation is 1. The minimum absolute atomic E-state index is 0.269. The summed E-state index contributed by atoms with van der Waals surface area (Å²) >= 11 is 6.25. The Morgan fingerprint density at radius 3 is 2.90 bits per heavy atom. The Bertz CT molecular complexity index is 572. The highest BCUT2D eigenvalue weighted by atomic mass is 35.5. The number of hydrogen-bond acceptors (Lipinski definition) is 5. The van der Waals surface area contributed by atoms with Crippen LogP contribution in [0.4, 0.5) is 0 Å². The fourth-order valence-electron chi connectivity index (χ4n) is 2.08. The second-order valence-electron chi connectivity index (χ2n) is 4.49. The number of rotatable bonds is 6. The number of pyridine rings is 1. The van der Waals surface area contributed by atoms with Crippen LogP contribution in [0, 0.1) is 6.92 Å². The second-order valence-corrected chi connectivity index (χ2v) is 4.90. The standard InChI is InChI=1S/C13H18ClN5O/c1-9-5-10(7-16-6-9)12(18-15)13-11(14)8-17-19(13)3-4-20-2/h5-8,12,18H,3-4,15H2,1-2H3. The van der Waals surface area contributed by atoms with E-state index in [9.17, 15) is 0 Å². The Labute approximate surface area is 122 Å². The van der Waals surface area contributed by atoms with Gasteiger partial charge in [-0.25, -0.2) is 5.43 Å². The van der Waals surface area contributed by atoms with Crippen molar-refractivity contribution < 1.29 is 4.74 Å². The van der Waals surface area contributed by atoms with Crippen LogP contribution in [-0.2, 0) is 11.3 Å². The average Bonchev–Trinajstić information content (AvgIpc) is 2.79. The van der Waals surface area contributed by atoms with Gasteiger partial charge < -0.3 is 4.74 Å². The molecule has 0 bridgehead atoms. The van der Waals surface area contributed by atoms with Gasteiger partial charge in [-0.05, 0) is 18.1 Å². The molecule has 0 radical (unpaired) electrons. The number of nitrogens with one attached hydrogen (secondary N) is 1. The maximum absolute atomic E-state index is 6.25. The van der Waals surface area contributed by atoms with Gasteiger partial charge in [0.25, 0.3) is 0 Å². The van der Waals surface area contributed by atoms with Gasteiger partial charge in [0.2, 0.25) is 0 Å². The van der Waals surface area contributed by atoms with Crippen LogP contribution in [0.1, 0.15) is 22.9 Å². The summed E-state index contributed by atoms with van der Waals surface area (Å²) in [6.07, 6.45) is 5.17. The van der Waals surface area contributed by atoms with Gasteiger partial charge in [-0.15, -0.1) is 0 Å². The summed E-state index contributed by atoms with van der Waals surface area (Å²) < 4.78 is 6.87. The van der Waals surface area contributed by atoms with Gasteiger partial charge in [0.05, 0.1) is 36.1 Å². The summed E-state index contributed by atoms with van der Waals surface area (Å²) in [6.45, 7) is 3.14. The monoisotopic (exact) mass is 295 g/mol. The molecular weight excluding hydrogens is 278 g/mol. The van der Waals surface area contributed by atoms with Crippen LogP contribution in [0.25, 0.3) is 0 Å². The van der Waals surface area contributed by atoms with Crippen molar-refractivity contribution in [1.82, 2.24) is 20.2 Å². The third kappa shape index (κ3) is 3.16. The molecule has 0 aliphatic carbocycles. The SMILES string of the molecule is COCCn1ncc(Cl)c1C(NN)c1cncc(C)c1. The largest absolute Gasteiger partial charge is 0.383 e. The van der Waals surface area contributed by atoms with Crippen molar-refractivity contribution in [2.45, 2.75) is 19.5 Å². The molecule has 0 spiro atoms. The van der Waals surface area contributed by atoms with Crippen LogP contribution in [0.15, 0.2) is 24.7 Å². The van der Waals surface area contributed by atoms with Crippen LogP contribution in [0.3, 0.4) is 0 Å². The van der Waals surface area contributed by atoms with Crippen LogP contribution in [0.2, 0.25) is 5.02 Å². The molecule has 2 aromatic heterocycles. The van der Waals surface area contributed by atoms with E-state index in [-0.39, 0.29) is 6.04 Å². The minimum Gasteiger partial charge on any atom is -0.383 e. The lowest BCUT2D eigenvalue weighted by atomic mass is 10.0. The van der Waals surface area contributed by atoms with Gasteiger partial charge in [-0.2, -0.15) is 5.10 Å². The molecule has 6 nitrogen and oxygen atoms in total. The highest BCUT2D eigenvalue weighted by molar-refractivity contribution is 6.31. The molecular formula is C13H18ClN5O. The molecule has 20 heavy (non-hydrogen) atoms. The average molecular weight is 296 g/mol. The zero-order valence-electron chi connectivity index (χ0n) is 11.5. The Morgan fingerprint density at radius 1 is 1.45 bits per heavy atom. The number of halogens is 1. The van der Waals surface area contributed by atoms with Crippen molar-refractivity contribution in [2.24, 2.45) is 5.84 Å². The van der Waals surface area contributed by atoms with E-state index >= 15 is 0 Å². The Morgan fingerprint density at radius 2 is 2.25 bits per heavy atom. The molecule has 0 amide bonds. The number of nitrogens with zero attached hydrogens (tertiary/aromatic N) is 3. The zero-order chi connectivity index (χ0) is 14.5. The van der Waals surface area contributed by atoms with Crippen LogP contribution in [0.5, 0.6) is 0 Å². The molecule has 1 atom stereocenters. The summed E-state index contributed by atoms with van der Waals surface area (Å²) in [7, 11) is 1.65. The molecule has 0 aliphatic heterocycles. The molecule has 0 fully saturated rings. The Kier molecular flexibility index (Phi) is 5.08. The first-order valence-corrected chi connectivity index (χ1v) is 6.63. The zero-order valence-corrected chi connectivity index (χ0v) is 12.3. The maximum atomic E-state index is 6.25. The molecule has 0 saturated heterocycles. The number of methoxy groups -OCH3 is 1. The molecule has 1 unspecified atom stereocenters.